The van der Waals surface area contributed by atoms with Gasteiger partial charge in [-0.15, -0.1) is 0 Å². The minimum absolute atomic E-state index is 0.162. The van der Waals surface area contributed by atoms with Crippen molar-refractivity contribution in [2.75, 3.05) is 55.2 Å². The van der Waals surface area contributed by atoms with Crippen molar-refractivity contribution in [2.45, 2.75) is 13.0 Å². The Morgan fingerprint density at radius 3 is 2.70 bits per heavy atom. The van der Waals surface area contributed by atoms with Crippen molar-refractivity contribution in [3.63, 3.8) is 0 Å². The predicted octanol–water partition coefficient (Wildman–Crippen LogP) is 1.78. The number of ether oxygens (including phenoxy) is 1. The van der Waals surface area contributed by atoms with Gasteiger partial charge in [0.2, 0.25) is 5.91 Å². The maximum atomic E-state index is 15.0. The van der Waals surface area contributed by atoms with Crippen molar-refractivity contribution in [3.05, 3.63) is 47.6 Å². The summed E-state index contributed by atoms with van der Waals surface area (Å²) < 4.78 is 20.2. The number of cyclic esters (lactones) is 1. The van der Waals surface area contributed by atoms with Gasteiger partial charge < -0.3 is 24.7 Å². The van der Waals surface area contributed by atoms with E-state index in [0.29, 0.717) is 49.0 Å². The van der Waals surface area contributed by atoms with Gasteiger partial charge in [0.05, 0.1) is 37.9 Å². The highest BCUT2D eigenvalue weighted by Gasteiger charge is 2.33. The second-order valence-electron chi connectivity index (χ2n) is 8.03. The number of hydrogen-bond acceptors (Lipinski definition) is 6. The maximum absolute atomic E-state index is 15.0. The highest BCUT2D eigenvalue weighted by molar-refractivity contribution is 7.58. The minimum Gasteiger partial charge on any atom is -0.442 e. The zero-order chi connectivity index (χ0) is 23.5. The molecule has 2 fully saturated rings. The zero-order valence-electron chi connectivity index (χ0n) is 18.2. The van der Waals surface area contributed by atoms with Gasteiger partial charge in [-0.1, -0.05) is 12.2 Å². The summed E-state index contributed by atoms with van der Waals surface area (Å²) in [5.74, 6) is -0.847. The number of nitrogens with zero attached hydrogens (tertiary/aromatic N) is 3. The average molecular weight is 476 g/mol. The first-order valence-electron chi connectivity index (χ1n) is 10.7. The minimum atomic E-state index is -1.45. The molecule has 11 heteroatoms. The average Bonchev–Trinajstić information content (AvgIpc) is 3.18. The van der Waals surface area contributed by atoms with Crippen LogP contribution in [0.3, 0.4) is 0 Å². The standard InChI is InChI=1S/C22H26FN4O5P/c1-15(28)24-13-17-14-27(22(30)32-17)16-5-6-19(18(23)12-16)25-7-9-26(10-8-25)21(29)20-4-2-3-11-33(20)31/h2-6,12,17,31H,7-11,13-14H2,1H3,(H,24,28)/t17-,33?/m0/s1. The summed E-state index contributed by atoms with van der Waals surface area (Å²) in [5.41, 5.74) is 0.784. The zero-order valence-corrected chi connectivity index (χ0v) is 19.1. The molecule has 0 spiro atoms. The summed E-state index contributed by atoms with van der Waals surface area (Å²) in [5, 5.41) is 3.06. The number of anilines is 2. The Morgan fingerprint density at radius 2 is 2.03 bits per heavy atom. The van der Waals surface area contributed by atoms with E-state index in [0.717, 1.165) is 0 Å². The van der Waals surface area contributed by atoms with Crippen LogP contribution in [0.4, 0.5) is 20.6 Å². The summed E-state index contributed by atoms with van der Waals surface area (Å²) in [4.78, 5) is 51.0. The Bertz CT molecular complexity index is 1010. The second kappa shape index (κ2) is 9.89. The van der Waals surface area contributed by atoms with Crippen LogP contribution in [0.2, 0.25) is 0 Å². The van der Waals surface area contributed by atoms with Gasteiger partial charge in [-0.3, -0.25) is 14.5 Å². The molecule has 0 aliphatic carbocycles. The first-order valence-corrected chi connectivity index (χ1v) is 12.2. The van der Waals surface area contributed by atoms with Crippen molar-refractivity contribution in [1.82, 2.24) is 10.2 Å². The van der Waals surface area contributed by atoms with Crippen LogP contribution in [-0.2, 0) is 14.3 Å². The highest BCUT2D eigenvalue weighted by atomic mass is 31.1. The SMILES string of the molecule is CC(=O)NC[C@H]1CN(c2ccc(N3CCN(C(=O)C4=CC=CCP4O)CC3)c(F)c2)C(=O)O1. The Kier molecular flexibility index (Phi) is 6.95. The van der Waals surface area contributed by atoms with Gasteiger partial charge in [0.15, 0.2) is 0 Å². The summed E-state index contributed by atoms with van der Waals surface area (Å²) in [6.45, 7) is 3.57. The fraction of sp³-hybridized carbons (Fsp3) is 0.409. The number of benzene rings is 1. The third-order valence-electron chi connectivity index (χ3n) is 5.77. The molecule has 2 atom stereocenters. The fourth-order valence-electron chi connectivity index (χ4n) is 4.01. The van der Waals surface area contributed by atoms with E-state index in [1.165, 1.54) is 17.9 Å². The summed E-state index contributed by atoms with van der Waals surface area (Å²) >= 11 is 0. The molecule has 3 amide bonds. The van der Waals surface area contributed by atoms with E-state index in [9.17, 15) is 23.7 Å². The van der Waals surface area contributed by atoms with E-state index in [2.05, 4.69) is 5.32 Å². The first kappa shape index (κ1) is 23.2. The number of allylic oxidation sites excluding steroid dienone is 3. The molecular weight excluding hydrogens is 450 g/mol. The largest absolute Gasteiger partial charge is 0.442 e. The lowest BCUT2D eigenvalue weighted by molar-refractivity contribution is -0.126. The molecule has 0 bridgehead atoms. The topological polar surface area (TPSA) is 102 Å². The number of nitrogens with one attached hydrogen (secondary N) is 1. The molecule has 3 aliphatic heterocycles. The molecule has 33 heavy (non-hydrogen) atoms. The van der Waals surface area contributed by atoms with E-state index < -0.39 is 26.2 Å². The van der Waals surface area contributed by atoms with E-state index >= 15 is 0 Å². The van der Waals surface area contributed by atoms with Crippen LogP contribution in [0.25, 0.3) is 0 Å². The number of carbonyl (C=O) groups is 3. The Balaban J connectivity index is 1.37. The fourth-order valence-corrected chi connectivity index (χ4v) is 5.15. The van der Waals surface area contributed by atoms with Crippen molar-refractivity contribution in [3.8, 4) is 0 Å². The van der Waals surface area contributed by atoms with Crippen LogP contribution in [0, 0.1) is 5.82 Å². The van der Waals surface area contributed by atoms with Crippen molar-refractivity contribution in [2.24, 2.45) is 0 Å². The number of rotatable bonds is 5. The lowest BCUT2D eigenvalue weighted by atomic mass is 10.2. The number of amides is 3. The predicted molar refractivity (Wildman–Crippen MR) is 123 cm³/mol. The van der Waals surface area contributed by atoms with Crippen molar-refractivity contribution in [1.29, 1.82) is 0 Å². The van der Waals surface area contributed by atoms with E-state index in [1.807, 2.05) is 11.0 Å². The van der Waals surface area contributed by atoms with Crippen molar-refractivity contribution >= 4 is 37.4 Å². The van der Waals surface area contributed by atoms with E-state index in [-0.39, 0.29) is 24.9 Å². The smallest absolute Gasteiger partial charge is 0.414 e. The normalized spacial score (nSPS) is 22.8. The van der Waals surface area contributed by atoms with Crippen LogP contribution in [0.1, 0.15) is 6.92 Å². The monoisotopic (exact) mass is 476 g/mol. The first-order chi connectivity index (χ1) is 15.8. The maximum Gasteiger partial charge on any atom is 0.414 e. The Labute approximate surface area is 192 Å². The molecule has 1 aromatic rings. The molecule has 3 heterocycles. The number of halogens is 1. The van der Waals surface area contributed by atoms with Gasteiger partial charge in [0.25, 0.3) is 5.91 Å². The molecule has 0 saturated carbocycles. The van der Waals surface area contributed by atoms with E-state index in [1.54, 1.807) is 29.2 Å². The number of piperazine rings is 1. The number of carbonyl (C=O) groups excluding carboxylic acids is 3. The number of hydrogen-bond donors (Lipinski definition) is 2. The summed E-state index contributed by atoms with van der Waals surface area (Å²) in [6, 6.07) is 4.58. The molecule has 2 N–H and O–H groups in total. The van der Waals surface area contributed by atoms with Crippen LogP contribution in [0.15, 0.2) is 41.7 Å². The van der Waals surface area contributed by atoms with Crippen molar-refractivity contribution < 1.29 is 28.4 Å². The summed E-state index contributed by atoms with van der Waals surface area (Å²) in [6.07, 6.45) is 4.71. The Hall–Kier alpha value is -2.97. The summed E-state index contributed by atoms with van der Waals surface area (Å²) in [7, 11) is -1.45. The van der Waals surface area contributed by atoms with Crippen LogP contribution in [0.5, 0.6) is 0 Å². The van der Waals surface area contributed by atoms with Crippen LogP contribution in [-0.4, -0.2) is 79.2 Å². The second-order valence-corrected chi connectivity index (χ2v) is 9.68. The molecule has 0 radical (unpaired) electrons. The van der Waals surface area contributed by atoms with Gasteiger partial charge in [-0.25, -0.2) is 9.18 Å². The lowest BCUT2D eigenvalue weighted by Gasteiger charge is -2.37. The van der Waals surface area contributed by atoms with Gasteiger partial charge in [0, 0.05) is 39.3 Å². The molecule has 1 aromatic carbocycles. The van der Waals surface area contributed by atoms with Gasteiger partial charge in [-0.2, -0.15) is 0 Å². The molecule has 9 nitrogen and oxygen atoms in total. The highest BCUT2D eigenvalue weighted by Crippen LogP contribution is 2.43. The molecule has 4 rings (SSSR count). The molecule has 0 aromatic heterocycles. The van der Waals surface area contributed by atoms with Gasteiger partial charge in [0.1, 0.15) is 11.9 Å². The third-order valence-corrected chi connectivity index (χ3v) is 7.22. The van der Waals surface area contributed by atoms with Crippen LogP contribution < -0.4 is 15.1 Å². The molecule has 2 saturated heterocycles. The van der Waals surface area contributed by atoms with Crippen LogP contribution >= 0.6 is 8.15 Å². The molecule has 3 aliphatic rings. The lowest BCUT2D eigenvalue weighted by Crippen LogP contribution is -2.49. The van der Waals surface area contributed by atoms with Gasteiger partial charge in [-0.05, 0) is 24.3 Å². The Morgan fingerprint density at radius 1 is 1.27 bits per heavy atom. The molecule has 1 unspecified atom stereocenters. The molecular formula is C22H26FN4O5P. The quantitative estimate of drug-likeness (QED) is 0.629. The van der Waals surface area contributed by atoms with Gasteiger partial charge >= 0.3 is 6.09 Å². The third kappa shape index (κ3) is 5.17. The van der Waals surface area contributed by atoms with E-state index in [4.69, 9.17) is 4.74 Å². The molecule has 176 valence electrons.